The first kappa shape index (κ1) is 20.1. The van der Waals surface area contributed by atoms with Crippen LogP contribution in [-0.4, -0.2) is 56.8 Å². The van der Waals surface area contributed by atoms with Crippen LogP contribution in [0.4, 0.5) is 9.59 Å². The molecule has 0 saturated carbocycles. The van der Waals surface area contributed by atoms with Crippen molar-refractivity contribution in [3.05, 3.63) is 12.7 Å². The fourth-order valence-electron chi connectivity index (χ4n) is 1.12. The van der Waals surface area contributed by atoms with Gasteiger partial charge >= 0.3 is 18.2 Å². The summed E-state index contributed by atoms with van der Waals surface area (Å²) in [5.41, 5.74) is 0. The molecule has 0 aromatic carbocycles. The highest BCUT2D eigenvalue weighted by Crippen LogP contribution is 1.88. The minimum atomic E-state index is -0.632. The molecule has 0 spiro atoms. The van der Waals surface area contributed by atoms with Crippen LogP contribution < -0.4 is 10.6 Å². The molecule has 2 amide bonds. The van der Waals surface area contributed by atoms with Gasteiger partial charge in [-0.1, -0.05) is 6.58 Å². The van der Waals surface area contributed by atoms with Gasteiger partial charge in [0.15, 0.2) is 0 Å². The quantitative estimate of drug-likeness (QED) is 0.170. The lowest BCUT2D eigenvalue weighted by Crippen LogP contribution is -2.29. The normalized spacial score (nSPS) is 9.50. The minimum absolute atomic E-state index is 0.0372. The molecule has 0 radical (unpaired) electrons. The Morgan fingerprint density at radius 2 is 1.50 bits per heavy atom. The maximum Gasteiger partial charge on any atom is 0.407 e. The Balaban J connectivity index is 3.39. The zero-order chi connectivity index (χ0) is 16.6. The summed E-state index contributed by atoms with van der Waals surface area (Å²) in [5, 5.41) is 4.95. The number of alkyl carbamates (subject to hydrolysis) is 2. The average molecular weight is 334 g/mol. The third kappa shape index (κ3) is 13.1. The van der Waals surface area contributed by atoms with Gasteiger partial charge in [0.1, 0.15) is 6.61 Å². The molecule has 0 aliphatic heterocycles. The van der Waals surface area contributed by atoms with Crippen LogP contribution in [0.5, 0.6) is 0 Å². The van der Waals surface area contributed by atoms with Crippen LogP contribution in [0.15, 0.2) is 12.7 Å². The zero-order valence-electron chi connectivity index (χ0n) is 12.3. The van der Waals surface area contributed by atoms with Crippen molar-refractivity contribution in [1.82, 2.24) is 10.6 Å². The Morgan fingerprint density at radius 3 is 2.05 bits per heavy atom. The van der Waals surface area contributed by atoms with Gasteiger partial charge in [0.2, 0.25) is 0 Å². The molecular formula is C13H22N2O6S. The van der Waals surface area contributed by atoms with Crippen LogP contribution in [0.2, 0.25) is 0 Å². The van der Waals surface area contributed by atoms with E-state index in [4.69, 9.17) is 9.47 Å². The van der Waals surface area contributed by atoms with Gasteiger partial charge in [0.25, 0.3) is 0 Å². The lowest BCUT2D eigenvalue weighted by atomic mass is 10.5. The van der Waals surface area contributed by atoms with E-state index in [0.717, 1.165) is 12.5 Å². The summed E-state index contributed by atoms with van der Waals surface area (Å²) >= 11 is 4.01. The van der Waals surface area contributed by atoms with Crippen molar-refractivity contribution in [2.24, 2.45) is 0 Å². The third-order valence-corrected chi connectivity index (χ3v) is 2.46. The predicted molar refractivity (Wildman–Crippen MR) is 82.9 cm³/mol. The Kier molecular flexibility index (Phi) is 12.8. The summed E-state index contributed by atoms with van der Waals surface area (Å²) < 4.78 is 14.3. The van der Waals surface area contributed by atoms with Gasteiger partial charge in [0.05, 0.1) is 19.8 Å². The number of rotatable bonds is 11. The number of hydrogen-bond acceptors (Lipinski definition) is 7. The molecule has 0 aliphatic rings. The first-order valence-electron chi connectivity index (χ1n) is 6.81. The second-order valence-electron chi connectivity index (χ2n) is 3.93. The molecule has 2 N–H and O–H groups in total. The molecule has 22 heavy (non-hydrogen) atoms. The number of thiol groups is 1. The standard InChI is InChI=1S/C13H22N2O6S/c1-2-11(16)19-9-6-15-13(18)21-8-4-7-20-12(17)14-5-3-10-22/h2,22H,1,3-10H2,(H,14,17)(H,15,18). The lowest BCUT2D eigenvalue weighted by molar-refractivity contribution is -0.137. The zero-order valence-corrected chi connectivity index (χ0v) is 13.2. The van der Waals surface area contributed by atoms with Gasteiger partial charge < -0.3 is 24.8 Å². The molecule has 0 atom stereocenters. The molecule has 0 bridgehead atoms. The van der Waals surface area contributed by atoms with Crippen LogP contribution >= 0.6 is 12.6 Å². The number of nitrogens with one attached hydrogen (secondary N) is 2. The van der Waals surface area contributed by atoms with E-state index < -0.39 is 18.2 Å². The van der Waals surface area contributed by atoms with Gasteiger partial charge in [-0.3, -0.25) is 0 Å². The molecule has 0 fully saturated rings. The predicted octanol–water partition coefficient (Wildman–Crippen LogP) is 0.878. The maximum absolute atomic E-state index is 11.2. The van der Waals surface area contributed by atoms with Crippen molar-refractivity contribution in [2.45, 2.75) is 12.8 Å². The summed E-state index contributed by atoms with van der Waals surface area (Å²) in [4.78, 5) is 33.1. The van der Waals surface area contributed by atoms with Gasteiger partial charge in [-0.25, -0.2) is 14.4 Å². The third-order valence-electron chi connectivity index (χ3n) is 2.14. The van der Waals surface area contributed by atoms with Crippen molar-refractivity contribution in [3.8, 4) is 0 Å². The molecule has 0 aromatic rings. The van der Waals surface area contributed by atoms with Crippen LogP contribution in [0.3, 0.4) is 0 Å². The number of amides is 2. The number of hydrogen-bond donors (Lipinski definition) is 3. The first-order chi connectivity index (χ1) is 10.6. The van der Waals surface area contributed by atoms with E-state index in [2.05, 4.69) is 34.6 Å². The van der Waals surface area contributed by atoms with Gasteiger partial charge in [-0.2, -0.15) is 12.6 Å². The van der Waals surface area contributed by atoms with Gasteiger partial charge in [-0.15, -0.1) is 0 Å². The minimum Gasteiger partial charge on any atom is -0.461 e. The maximum atomic E-state index is 11.2. The molecule has 0 heterocycles. The highest BCUT2D eigenvalue weighted by atomic mass is 32.1. The highest BCUT2D eigenvalue weighted by molar-refractivity contribution is 7.80. The molecule has 8 nitrogen and oxygen atoms in total. The van der Waals surface area contributed by atoms with Gasteiger partial charge in [0, 0.05) is 19.0 Å². The van der Waals surface area contributed by atoms with Crippen LogP contribution in [0.25, 0.3) is 0 Å². The van der Waals surface area contributed by atoms with Crippen LogP contribution in [-0.2, 0) is 19.0 Å². The van der Waals surface area contributed by atoms with E-state index in [0.29, 0.717) is 18.7 Å². The van der Waals surface area contributed by atoms with Crippen molar-refractivity contribution in [3.63, 3.8) is 0 Å². The SMILES string of the molecule is C=CC(=O)OCCNC(=O)OCCCOC(=O)NCCCS. The van der Waals surface area contributed by atoms with E-state index in [9.17, 15) is 14.4 Å². The van der Waals surface area contributed by atoms with E-state index in [-0.39, 0.29) is 26.4 Å². The van der Waals surface area contributed by atoms with Gasteiger partial charge in [-0.05, 0) is 12.2 Å². The molecule has 0 unspecified atom stereocenters. The molecule has 0 rings (SSSR count). The van der Waals surface area contributed by atoms with Crippen LogP contribution in [0.1, 0.15) is 12.8 Å². The van der Waals surface area contributed by atoms with Crippen molar-refractivity contribution in [2.75, 3.05) is 38.7 Å². The molecular weight excluding hydrogens is 312 g/mol. The molecule has 0 saturated heterocycles. The van der Waals surface area contributed by atoms with E-state index in [1.54, 1.807) is 0 Å². The second kappa shape index (κ2) is 14.1. The van der Waals surface area contributed by atoms with E-state index in [1.807, 2.05) is 0 Å². The molecule has 9 heteroatoms. The fourth-order valence-corrected chi connectivity index (χ4v) is 1.28. The number of carbonyl (C=O) groups is 3. The monoisotopic (exact) mass is 334 g/mol. The van der Waals surface area contributed by atoms with Crippen molar-refractivity contribution >= 4 is 30.8 Å². The topological polar surface area (TPSA) is 103 Å². The Hall–Kier alpha value is -1.90. The smallest absolute Gasteiger partial charge is 0.407 e. The molecule has 0 aromatic heterocycles. The summed E-state index contributed by atoms with van der Waals surface area (Å²) in [5.74, 6) is 0.135. The summed E-state index contributed by atoms with van der Waals surface area (Å²) in [6, 6.07) is 0. The Bertz CT molecular complexity index is 364. The number of esters is 1. The molecule has 0 aliphatic carbocycles. The van der Waals surface area contributed by atoms with Crippen LogP contribution in [0, 0.1) is 0 Å². The van der Waals surface area contributed by atoms with E-state index in [1.165, 1.54) is 0 Å². The summed E-state index contributed by atoms with van der Waals surface area (Å²) in [6.07, 6.45) is 1.05. The fraction of sp³-hybridized carbons (Fsp3) is 0.615. The number of carbonyl (C=O) groups excluding carboxylic acids is 3. The Labute approximate surface area is 135 Å². The van der Waals surface area contributed by atoms with E-state index >= 15 is 0 Å². The average Bonchev–Trinajstić information content (AvgIpc) is 2.51. The second-order valence-corrected chi connectivity index (χ2v) is 4.37. The summed E-state index contributed by atoms with van der Waals surface area (Å²) in [6.45, 7) is 4.19. The highest BCUT2D eigenvalue weighted by Gasteiger charge is 2.03. The largest absolute Gasteiger partial charge is 0.461 e. The lowest BCUT2D eigenvalue weighted by Gasteiger charge is -2.08. The number of ether oxygens (including phenoxy) is 3. The summed E-state index contributed by atoms with van der Waals surface area (Å²) in [7, 11) is 0. The first-order valence-corrected chi connectivity index (χ1v) is 7.44. The molecule has 126 valence electrons. The Morgan fingerprint density at radius 1 is 0.909 bits per heavy atom. The van der Waals surface area contributed by atoms with Crippen molar-refractivity contribution in [1.29, 1.82) is 0 Å². The van der Waals surface area contributed by atoms with Crippen molar-refractivity contribution < 1.29 is 28.6 Å².